The summed E-state index contributed by atoms with van der Waals surface area (Å²) >= 11 is 1.61. The van der Waals surface area contributed by atoms with Crippen LogP contribution in [-0.4, -0.2) is 86.8 Å². The summed E-state index contributed by atoms with van der Waals surface area (Å²) < 4.78 is 6.45. The molecule has 11 heteroatoms. The number of ether oxygens (including phenoxy) is 1. The van der Waals surface area contributed by atoms with E-state index in [-0.39, 0.29) is 24.0 Å². The van der Waals surface area contributed by atoms with Gasteiger partial charge in [0.25, 0.3) is 0 Å². The number of aryl methyl sites for hydroxylation is 1. The van der Waals surface area contributed by atoms with Gasteiger partial charge >= 0.3 is 0 Å². The predicted octanol–water partition coefficient (Wildman–Crippen LogP) is 3.76. The molecule has 2 aliphatic heterocycles. The first-order valence-corrected chi connectivity index (χ1v) is 13.8. The molecule has 2 saturated heterocycles. The van der Waals surface area contributed by atoms with Crippen LogP contribution in [0, 0.1) is 6.92 Å². The molecule has 0 aliphatic carbocycles. The summed E-state index contributed by atoms with van der Waals surface area (Å²) in [5, 5.41) is 16.2. The van der Waals surface area contributed by atoms with Crippen LogP contribution in [0.1, 0.15) is 45.2 Å². The van der Waals surface area contributed by atoms with Gasteiger partial charge in [-0.3, -0.25) is 14.8 Å². The number of hydrogen-bond acceptors (Lipinski definition) is 9. The topological polar surface area (TPSA) is 111 Å². The van der Waals surface area contributed by atoms with Crippen LogP contribution in [-0.2, 0) is 9.53 Å². The van der Waals surface area contributed by atoms with Gasteiger partial charge in [-0.25, -0.2) is 4.98 Å². The van der Waals surface area contributed by atoms with E-state index in [0.717, 1.165) is 66.3 Å². The number of carbonyl (C=O) groups is 1. The normalized spacial score (nSPS) is 23.2. The SMILES string of the molecule is CC[C@@H]1CC(Nc2nc(Nc3cc(C)[nH]n3)c3sccc3n2)C[C@H](CC)N1C(=O)CN1CCOCC1. The van der Waals surface area contributed by atoms with Gasteiger partial charge in [0, 0.05) is 43.0 Å². The van der Waals surface area contributed by atoms with E-state index in [1.165, 1.54) is 0 Å². The van der Waals surface area contributed by atoms with Gasteiger partial charge in [0.05, 0.1) is 30.0 Å². The van der Waals surface area contributed by atoms with Crippen molar-refractivity contribution in [2.75, 3.05) is 43.5 Å². The van der Waals surface area contributed by atoms with Crippen LogP contribution in [0.15, 0.2) is 17.5 Å². The number of likely N-dealkylation sites (tertiary alicyclic amines) is 1. The number of piperidine rings is 1. The first-order chi connectivity index (χ1) is 17.5. The van der Waals surface area contributed by atoms with Gasteiger partial charge in [0.1, 0.15) is 0 Å². The number of H-pyrrole nitrogens is 1. The zero-order valence-corrected chi connectivity index (χ0v) is 22.1. The van der Waals surface area contributed by atoms with Gasteiger partial charge in [0.15, 0.2) is 11.6 Å². The summed E-state index contributed by atoms with van der Waals surface area (Å²) in [4.78, 5) is 27.4. The molecule has 5 rings (SSSR count). The summed E-state index contributed by atoms with van der Waals surface area (Å²) in [5.41, 5.74) is 1.89. The number of nitrogens with one attached hydrogen (secondary N) is 3. The van der Waals surface area contributed by atoms with Crippen LogP contribution in [0.3, 0.4) is 0 Å². The lowest BCUT2D eigenvalue weighted by Crippen LogP contribution is -2.57. The third kappa shape index (κ3) is 5.47. The molecule has 3 N–H and O–H groups in total. The van der Waals surface area contributed by atoms with E-state index in [1.54, 1.807) is 11.3 Å². The van der Waals surface area contributed by atoms with E-state index in [2.05, 4.69) is 44.5 Å². The van der Waals surface area contributed by atoms with E-state index in [0.29, 0.717) is 25.7 Å². The molecule has 194 valence electrons. The fourth-order valence-corrected chi connectivity index (χ4v) is 6.14. The number of carbonyl (C=O) groups excluding carboxylic acids is 1. The molecule has 0 bridgehead atoms. The van der Waals surface area contributed by atoms with Crippen molar-refractivity contribution in [3.8, 4) is 0 Å². The monoisotopic (exact) mass is 512 g/mol. The zero-order valence-electron chi connectivity index (χ0n) is 21.3. The van der Waals surface area contributed by atoms with Crippen molar-refractivity contribution in [1.82, 2.24) is 30.0 Å². The maximum atomic E-state index is 13.4. The number of nitrogens with zero attached hydrogens (tertiary/aromatic N) is 5. The van der Waals surface area contributed by atoms with Gasteiger partial charge in [-0.1, -0.05) is 13.8 Å². The average molecular weight is 513 g/mol. The minimum Gasteiger partial charge on any atom is -0.379 e. The lowest BCUT2D eigenvalue weighted by Gasteiger charge is -2.46. The molecule has 5 heterocycles. The highest BCUT2D eigenvalue weighted by Crippen LogP contribution is 2.32. The average Bonchev–Trinajstić information content (AvgIpc) is 3.52. The number of thiophene rings is 1. The van der Waals surface area contributed by atoms with E-state index < -0.39 is 0 Å². The van der Waals surface area contributed by atoms with E-state index in [1.807, 2.05) is 24.4 Å². The first kappa shape index (κ1) is 24.9. The zero-order chi connectivity index (χ0) is 25.1. The molecule has 2 fully saturated rings. The van der Waals surface area contributed by atoms with Crippen LogP contribution in [0.25, 0.3) is 10.2 Å². The van der Waals surface area contributed by atoms with Crippen LogP contribution < -0.4 is 10.6 Å². The Morgan fingerprint density at radius 2 is 1.94 bits per heavy atom. The summed E-state index contributed by atoms with van der Waals surface area (Å²) in [7, 11) is 0. The van der Waals surface area contributed by atoms with Crippen molar-refractivity contribution < 1.29 is 9.53 Å². The molecule has 0 radical (unpaired) electrons. The van der Waals surface area contributed by atoms with E-state index in [9.17, 15) is 4.79 Å². The minimum atomic E-state index is 0.198. The van der Waals surface area contributed by atoms with E-state index in [4.69, 9.17) is 14.7 Å². The van der Waals surface area contributed by atoms with Gasteiger partial charge in [-0.05, 0) is 44.1 Å². The Hall–Kier alpha value is -2.76. The number of aromatic amines is 1. The summed E-state index contributed by atoms with van der Waals surface area (Å²) in [5.74, 6) is 2.33. The highest BCUT2D eigenvalue weighted by molar-refractivity contribution is 7.17. The van der Waals surface area contributed by atoms with Gasteiger partial charge in [0.2, 0.25) is 11.9 Å². The second-order valence-electron chi connectivity index (χ2n) is 9.72. The minimum absolute atomic E-state index is 0.198. The van der Waals surface area contributed by atoms with Crippen LogP contribution >= 0.6 is 11.3 Å². The van der Waals surface area contributed by atoms with Crippen molar-refractivity contribution in [3.63, 3.8) is 0 Å². The van der Waals surface area contributed by atoms with Crippen molar-refractivity contribution in [2.24, 2.45) is 0 Å². The van der Waals surface area contributed by atoms with Gasteiger partial charge in [-0.15, -0.1) is 11.3 Å². The molecule has 2 aliphatic rings. The smallest absolute Gasteiger partial charge is 0.237 e. The lowest BCUT2D eigenvalue weighted by atomic mass is 9.88. The molecule has 3 aromatic heterocycles. The maximum Gasteiger partial charge on any atom is 0.237 e. The fourth-order valence-electron chi connectivity index (χ4n) is 5.36. The van der Waals surface area contributed by atoms with Gasteiger partial charge in [-0.2, -0.15) is 10.1 Å². The van der Waals surface area contributed by atoms with Crippen LogP contribution in [0.5, 0.6) is 0 Å². The fraction of sp³-hybridized carbons (Fsp3) is 0.600. The number of fused-ring (bicyclic) bond motifs is 1. The van der Waals surface area contributed by atoms with Crippen molar-refractivity contribution in [1.29, 1.82) is 0 Å². The summed E-state index contributed by atoms with van der Waals surface area (Å²) in [6.07, 6.45) is 3.63. The molecule has 3 aromatic rings. The Morgan fingerprint density at radius 1 is 1.19 bits per heavy atom. The van der Waals surface area contributed by atoms with Crippen LogP contribution in [0.2, 0.25) is 0 Å². The molecule has 1 unspecified atom stereocenters. The molecular weight excluding hydrogens is 476 g/mol. The molecule has 0 aromatic carbocycles. The van der Waals surface area contributed by atoms with Crippen molar-refractivity contribution in [2.45, 2.75) is 64.6 Å². The lowest BCUT2D eigenvalue weighted by molar-refractivity contribution is -0.141. The molecule has 1 amide bonds. The highest BCUT2D eigenvalue weighted by atomic mass is 32.1. The van der Waals surface area contributed by atoms with Gasteiger partial charge < -0.3 is 20.3 Å². The number of anilines is 3. The number of amides is 1. The second-order valence-corrected chi connectivity index (χ2v) is 10.6. The number of hydrogen-bond donors (Lipinski definition) is 3. The largest absolute Gasteiger partial charge is 0.379 e. The molecule has 10 nitrogen and oxygen atoms in total. The Bertz CT molecular complexity index is 1160. The second kappa shape index (κ2) is 11.1. The number of rotatable bonds is 8. The molecular formula is C25H36N8O2S. The van der Waals surface area contributed by atoms with Crippen molar-refractivity contribution in [3.05, 3.63) is 23.2 Å². The molecule has 3 atom stereocenters. The third-order valence-corrected chi connectivity index (χ3v) is 8.09. The quantitative estimate of drug-likeness (QED) is 0.418. The Labute approximate surface area is 215 Å². The Balaban J connectivity index is 1.31. The third-order valence-electron chi connectivity index (χ3n) is 7.18. The molecule has 0 spiro atoms. The molecule has 0 saturated carbocycles. The Kier molecular flexibility index (Phi) is 7.68. The highest BCUT2D eigenvalue weighted by Gasteiger charge is 2.37. The number of aromatic nitrogens is 4. The number of morpholine rings is 1. The van der Waals surface area contributed by atoms with Crippen molar-refractivity contribution >= 4 is 45.0 Å². The Morgan fingerprint density at radius 3 is 2.61 bits per heavy atom. The van der Waals surface area contributed by atoms with E-state index >= 15 is 0 Å². The molecule has 36 heavy (non-hydrogen) atoms. The summed E-state index contributed by atoms with van der Waals surface area (Å²) in [6.45, 7) is 9.87. The predicted molar refractivity (Wildman–Crippen MR) is 143 cm³/mol. The standard InChI is InChI=1S/C25H36N8O2S/c1-4-18-13-17(14-19(5-2)33(18)22(34)15-32-7-9-35-10-8-32)26-25-27-20-6-11-36-23(20)24(29-25)28-21-12-16(3)30-31-21/h6,11-12,17-19H,4-5,7-10,13-15H2,1-3H3,(H3,26,27,28,29,30,31)/t17?,18-,19+. The maximum absolute atomic E-state index is 13.4. The first-order valence-electron chi connectivity index (χ1n) is 13.0. The van der Waals surface area contributed by atoms with Crippen LogP contribution in [0.4, 0.5) is 17.6 Å². The summed E-state index contributed by atoms with van der Waals surface area (Å²) in [6, 6.07) is 4.57.